The maximum Gasteiger partial charge on any atom is 0.315 e. The summed E-state index contributed by atoms with van der Waals surface area (Å²) in [5.41, 5.74) is -1.51. The highest BCUT2D eigenvalue weighted by molar-refractivity contribution is 5.79. The number of aliphatic hydroxyl groups is 6. The van der Waals surface area contributed by atoms with Crippen molar-refractivity contribution < 1.29 is 44.9 Å². The van der Waals surface area contributed by atoms with Gasteiger partial charge >= 0.3 is 5.97 Å². The van der Waals surface area contributed by atoms with Crippen LogP contribution in [0.15, 0.2) is 11.6 Å². The van der Waals surface area contributed by atoms with E-state index in [2.05, 4.69) is 40.7 Å². The zero-order valence-electron chi connectivity index (χ0n) is 28.3. The third kappa shape index (κ3) is 4.39. The molecule has 9 nitrogen and oxygen atoms in total. The number of allylic oxidation sites excluding steroid dienone is 1. The minimum absolute atomic E-state index is 0.0571. The Kier molecular flexibility index (Phi) is 8.05. The molecule has 4 saturated carbocycles. The lowest BCUT2D eigenvalue weighted by Crippen LogP contribution is -2.68. The molecule has 1 saturated heterocycles. The number of hydrogen-bond acceptors (Lipinski definition) is 9. The molecule has 6 N–H and O–H groups in total. The number of ether oxygens (including phenoxy) is 2. The summed E-state index contributed by atoms with van der Waals surface area (Å²) in [6.45, 7) is 15.1. The van der Waals surface area contributed by atoms with Gasteiger partial charge in [-0.1, -0.05) is 53.2 Å². The molecule has 9 heteroatoms. The van der Waals surface area contributed by atoms with Crippen LogP contribution in [-0.2, 0) is 14.3 Å². The molecular weight excluding hydrogens is 576 g/mol. The van der Waals surface area contributed by atoms with Crippen molar-refractivity contribution in [2.24, 2.45) is 50.7 Å². The van der Waals surface area contributed by atoms with Gasteiger partial charge in [-0.3, -0.25) is 4.79 Å². The largest absolute Gasteiger partial charge is 0.432 e. The van der Waals surface area contributed by atoms with Crippen LogP contribution in [0.4, 0.5) is 0 Å². The van der Waals surface area contributed by atoms with Crippen LogP contribution in [0.3, 0.4) is 0 Å². The number of rotatable bonds is 3. The van der Waals surface area contributed by atoms with E-state index < -0.39 is 60.2 Å². The van der Waals surface area contributed by atoms with E-state index in [1.807, 2.05) is 13.8 Å². The van der Waals surface area contributed by atoms with Crippen LogP contribution >= 0.6 is 0 Å². The first-order valence-electron chi connectivity index (χ1n) is 17.5. The quantitative estimate of drug-likeness (QED) is 0.202. The van der Waals surface area contributed by atoms with Crippen LogP contribution in [-0.4, -0.2) is 85.6 Å². The summed E-state index contributed by atoms with van der Waals surface area (Å²) in [4.78, 5) is 14.4. The molecule has 3 unspecified atom stereocenters. The Balaban J connectivity index is 1.39. The van der Waals surface area contributed by atoms with Gasteiger partial charge in [-0.25, -0.2) is 0 Å². The van der Waals surface area contributed by atoms with E-state index in [4.69, 9.17) is 9.47 Å². The number of hydrogen-bond donors (Lipinski definition) is 6. The van der Waals surface area contributed by atoms with Gasteiger partial charge in [0.2, 0.25) is 6.29 Å². The molecule has 0 aromatic rings. The summed E-state index contributed by atoms with van der Waals surface area (Å²) >= 11 is 0. The van der Waals surface area contributed by atoms with Crippen molar-refractivity contribution >= 4 is 5.97 Å². The van der Waals surface area contributed by atoms with Gasteiger partial charge in [0.15, 0.2) is 0 Å². The zero-order valence-corrected chi connectivity index (χ0v) is 28.3. The highest BCUT2D eigenvalue weighted by atomic mass is 16.7. The van der Waals surface area contributed by atoms with Crippen molar-refractivity contribution in [3.05, 3.63) is 11.6 Å². The molecule has 0 amide bonds. The second kappa shape index (κ2) is 10.7. The fourth-order valence-corrected chi connectivity index (χ4v) is 12.2. The molecule has 45 heavy (non-hydrogen) atoms. The van der Waals surface area contributed by atoms with Gasteiger partial charge in [-0.15, -0.1) is 0 Å². The van der Waals surface area contributed by atoms with Crippen LogP contribution in [0, 0.1) is 50.7 Å². The first-order chi connectivity index (χ1) is 20.8. The topological polar surface area (TPSA) is 157 Å². The third-order valence-corrected chi connectivity index (χ3v) is 15.5. The number of aliphatic hydroxyl groups excluding tert-OH is 5. The highest BCUT2D eigenvalue weighted by Gasteiger charge is 2.71. The molecule has 6 rings (SSSR count). The molecule has 1 aliphatic heterocycles. The Morgan fingerprint density at radius 3 is 2.24 bits per heavy atom. The van der Waals surface area contributed by atoms with Gasteiger partial charge in [0.1, 0.15) is 24.4 Å². The van der Waals surface area contributed by atoms with E-state index in [0.717, 1.165) is 44.1 Å². The van der Waals surface area contributed by atoms with Crippen molar-refractivity contribution in [3.63, 3.8) is 0 Å². The fourth-order valence-electron chi connectivity index (χ4n) is 12.2. The predicted molar refractivity (Wildman–Crippen MR) is 166 cm³/mol. The zero-order chi connectivity index (χ0) is 33.1. The second-order valence-corrected chi connectivity index (χ2v) is 17.5. The summed E-state index contributed by atoms with van der Waals surface area (Å²) in [5, 5.41) is 64.4. The summed E-state index contributed by atoms with van der Waals surface area (Å²) in [7, 11) is 0. The van der Waals surface area contributed by atoms with Gasteiger partial charge < -0.3 is 40.1 Å². The Morgan fingerprint density at radius 2 is 1.58 bits per heavy atom. The van der Waals surface area contributed by atoms with E-state index >= 15 is 0 Å². The molecule has 256 valence electrons. The van der Waals surface area contributed by atoms with Crippen LogP contribution in [0.2, 0.25) is 0 Å². The molecular formula is C36H58O9. The second-order valence-electron chi connectivity index (χ2n) is 17.5. The van der Waals surface area contributed by atoms with Crippen molar-refractivity contribution in [1.29, 1.82) is 0 Å². The molecule has 15 atom stereocenters. The molecule has 0 aromatic carbocycles. The Hall–Kier alpha value is -1.07. The maximum absolute atomic E-state index is 14.4. The van der Waals surface area contributed by atoms with E-state index in [9.17, 15) is 35.4 Å². The molecule has 5 aliphatic carbocycles. The van der Waals surface area contributed by atoms with Gasteiger partial charge in [0.05, 0.1) is 23.7 Å². The fraction of sp³-hybridized carbons (Fsp3) is 0.917. The van der Waals surface area contributed by atoms with E-state index in [1.165, 1.54) is 0 Å². The third-order valence-electron chi connectivity index (χ3n) is 15.5. The summed E-state index contributed by atoms with van der Waals surface area (Å²) in [5.74, 6) is -0.308. The highest BCUT2D eigenvalue weighted by Crippen LogP contribution is 2.76. The minimum Gasteiger partial charge on any atom is -0.432 e. The predicted octanol–water partition coefficient (Wildman–Crippen LogP) is 3.46. The number of carbonyl (C=O) groups excluding carboxylic acids is 1. The van der Waals surface area contributed by atoms with E-state index in [-0.39, 0.29) is 33.7 Å². The first kappa shape index (κ1) is 33.8. The van der Waals surface area contributed by atoms with Crippen molar-refractivity contribution in [2.45, 2.75) is 149 Å². The van der Waals surface area contributed by atoms with E-state index in [1.54, 1.807) is 0 Å². The molecule has 5 fully saturated rings. The van der Waals surface area contributed by atoms with Crippen molar-refractivity contribution in [1.82, 2.24) is 0 Å². The number of carbonyl (C=O) groups is 1. The Labute approximate surface area is 268 Å². The lowest BCUT2D eigenvalue weighted by atomic mass is 9.33. The molecule has 0 aromatic heterocycles. The molecule has 1 heterocycles. The minimum atomic E-state index is -1.68. The molecule has 0 radical (unpaired) electrons. The van der Waals surface area contributed by atoms with Gasteiger partial charge in [0.25, 0.3) is 0 Å². The monoisotopic (exact) mass is 634 g/mol. The Morgan fingerprint density at radius 1 is 0.889 bits per heavy atom. The van der Waals surface area contributed by atoms with Crippen LogP contribution in [0.25, 0.3) is 0 Å². The lowest BCUT2D eigenvalue weighted by molar-refractivity contribution is -0.299. The summed E-state index contributed by atoms with van der Waals surface area (Å²) in [6, 6.07) is 0. The van der Waals surface area contributed by atoms with Crippen molar-refractivity contribution in [2.75, 3.05) is 6.61 Å². The van der Waals surface area contributed by atoms with E-state index in [0.29, 0.717) is 31.1 Å². The van der Waals surface area contributed by atoms with Crippen LogP contribution < -0.4 is 0 Å². The van der Waals surface area contributed by atoms with Gasteiger partial charge in [-0.2, -0.15) is 0 Å². The average Bonchev–Trinajstić information content (AvgIpc) is 2.97. The Bertz CT molecular complexity index is 1210. The molecule has 0 bridgehead atoms. The smallest absolute Gasteiger partial charge is 0.315 e. The first-order valence-corrected chi connectivity index (χ1v) is 17.5. The van der Waals surface area contributed by atoms with Gasteiger partial charge in [0, 0.05) is 5.92 Å². The van der Waals surface area contributed by atoms with Crippen LogP contribution in [0.1, 0.15) is 106 Å². The normalized spacial score (nSPS) is 55.7. The maximum atomic E-state index is 14.4. The standard InChI is InChI=1S/C36H58O9/c1-19-10-15-36(30(42)45-29-27(41)26(40)25(39)21(18-37)44-29)17-16-33(5)20(28(36)35(19,7)43)8-9-23-32(4)13-12-24(38)31(2,3)22(32)11-14-34(23,33)6/h8,19,21-29,37-41,43H,9-18H2,1-7H3/t19-,21-,22?,23?,24+,25-,26+,27-,28?,29+,32+,33-,34-,35-,36+/m1/s1. The van der Waals surface area contributed by atoms with Gasteiger partial charge in [-0.05, 0) is 104 Å². The molecule has 0 spiro atoms. The summed E-state index contributed by atoms with van der Waals surface area (Å²) < 4.78 is 11.5. The number of esters is 1. The van der Waals surface area contributed by atoms with Crippen LogP contribution in [0.5, 0.6) is 0 Å². The van der Waals surface area contributed by atoms with Crippen molar-refractivity contribution in [3.8, 4) is 0 Å². The lowest BCUT2D eigenvalue weighted by Gasteiger charge is -2.71. The SMILES string of the molecule is C[C@@H]1CC[C@]2(C(=O)O[C@@H]3O[C@H](CO)[C@@H](O)[C@H](O)[C@H]3O)CC[C@]3(C)C(=CCC4[C@@]5(C)CC[C@H](O)C(C)(C)C5CC[C@]43C)C2[C@]1(C)O. The molecule has 6 aliphatic rings. The number of fused-ring (bicyclic) bond motifs is 7. The average molecular weight is 635 g/mol. The summed E-state index contributed by atoms with van der Waals surface area (Å²) in [6.07, 6.45) is 1.59.